The molecular formula is C13H17N3O. The number of nitrogens with zero attached hydrogens (tertiary/aromatic N) is 2. The molecule has 1 rings (SSSR count). The minimum atomic E-state index is -0.400. The molecule has 0 saturated heterocycles. The van der Waals surface area contributed by atoms with Gasteiger partial charge in [-0.15, -0.1) is 0 Å². The van der Waals surface area contributed by atoms with Gasteiger partial charge in [0.2, 0.25) is 5.91 Å². The van der Waals surface area contributed by atoms with Crippen molar-refractivity contribution >= 4 is 11.6 Å². The van der Waals surface area contributed by atoms with E-state index < -0.39 is 5.91 Å². The summed E-state index contributed by atoms with van der Waals surface area (Å²) in [5.74, 6) is -0.400. The number of nitriles is 1. The van der Waals surface area contributed by atoms with Crippen molar-refractivity contribution in [3.8, 4) is 6.07 Å². The van der Waals surface area contributed by atoms with E-state index in [2.05, 4.69) is 6.07 Å². The standard InChI is InChI=1S/C13H17N3O/c1-9(2)16(8-13(15)17)12-5-4-10(3)6-11(12)7-14/h4-6,9H,8H2,1-3H3,(H2,15,17). The zero-order valence-corrected chi connectivity index (χ0v) is 10.4. The van der Waals surface area contributed by atoms with E-state index >= 15 is 0 Å². The highest BCUT2D eigenvalue weighted by molar-refractivity contribution is 5.80. The predicted octanol–water partition coefficient (Wildman–Crippen LogP) is 1.57. The largest absolute Gasteiger partial charge is 0.368 e. The summed E-state index contributed by atoms with van der Waals surface area (Å²) in [6, 6.07) is 7.85. The zero-order chi connectivity index (χ0) is 13.0. The number of primary amides is 1. The Bertz CT molecular complexity index is 460. The van der Waals surface area contributed by atoms with E-state index in [9.17, 15) is 4.79 Å². The van der Waals surface area contributed by atoms with Crippen LogP contribution in [-0.4, -0.2) is 18.5 Å². The normalized spacial score (nSPS) is 10.1. The molecule has 1 amide bonds. The van der Waals surface area contributed by atoms with Gasteiger partial charge in [0, 0.05) is 6.04 Å². The first-order valence-electron chi connectivity index (χ1n) is 5.51. The summed E-state index contributed by atoms with van der Waals surface area (Å²) in [7, 11) is 0. The summed E-state index contributed by atoms with van der Waals surface area (Å²) < 4.78 is 0. The highest BCUT2D eigenvalue weighted by Gasteiger charge is 2.16. The number of amides is 1. The van der Waals surface area contributed by atoms with Gasteiger partial charge in [0.05, 0.1) is 17.8 Å². The van der Waals surface area contributed by atoms with Crippen LogP contribution in [0.3, 0.4) is 0 Å². The van der Waals surface area contributed by atoms with E-state index in [1.165, 1.54) is 0 Å². The molecule has 0 atom stereocenters. The molecule has 0 aliphatic rings. The molecule has 0 spiro atoms. The first-order chi connectivity index (χ1) is 7.95. The third kappa shape index (κ3) is 3.22. The fourth-order valence-electron chi connectivity index (χ4n) is 1.70. The molecule has 0 fully saturated rings. The molecule has 0 aliphatic carbocycles. The number of carbonyl (C=O) groups is 1. The van der Waals surface area contributed by atoms with E-state index in [4.69, 9.17) is 11.0 Å². The number of anilines is 1. The fourth-order valence-corrected chi connectivity index (χ4v) is 1.70. The van der Waals surface area contributed by atoms with E-state index in [0.717, 1.165) is 11.3 Å². The molecule has 0 radical (unpaired) electrons. The molecule has 4 nitrogen and oxygen atoms in total. The monoisotopic (exact) mass is 231 g/mol. The van der Waals surface area contributed by atoms with Gasteiger partial charge in [-0.2, -0.15) is 5.26 Å². The topological polar surface area (TPSA) is 70.1 Å². The van der Waals surface area contributed by atoms with Crippen LogP contribution in [0.1, 0.15) is 25.0 Å². The number of hydrogen-bond donors (Lipinski definition) is 1. The lowest BCUT2D eigenvalue weighted by atomic mass is 10.1. The highest BCUT2D eigenvalue weighted by atomic mass is 16.1. The summed E-state index contributed by atoms with van der Waals surface area (Å²) in [6.07, 6.45) is 0. The number of nitrogens with two attached hydrogens (primary N) is 1. The minimum Gasteiger partial charge on any atom is -0.368 e. The SMILES string of the molecule is Cc1ccc(N(CC(N)=O)C(C)C)c(C#N)c1. The summed E-state index contributed by atoms with van der Waals surface area (Å²) >= 11 is 0. The first kappa shape index (κ1) is 13.0. The maximum absolute atomic E-state index is 11.1. The minimum absolute atomic E-state index is 0.109. The van der Waals surface area contributed by atoms with Crippen LogP contribution in [0.4, 0.5) is 5.69 Å². The van der Waals surface area contributed by atoms with E-state index in [0.29, 0.717) is 5.56 Å². The maximum atomic E-state index is 11.1. The van der Waals surface area contributed by atoms with Crippen LogP contribution in [0, 0.1) is 18.3 Å². The molecule has 90 valence electrons. The van der Waals surface area contributed by atoms with Crippen LogP contribution in [0.25, 0.3) is 0 Å². The lowest BCUT2D eigenvalue weighted by molar-refractivity contribution is -0.116. The average molecular weight is 231 g/mol. The molecule has 0 aromatic heterocycles. The van der Waals surface area contributed by atoms with Crippen molar-refractivity contribution in [3.63, 3.8) is 0 Å². The van der Waals surface area contributed by atoms with Crippen LogP contribution >= 0.6 is 0 Å². The number of hydrogen-bond acceptors (Lipinski definition) is 3. The van der Waals surface area contributed by atoms with Crippen molar-refractivity contribution in [2.45, 2.75) is 26.8 Å². The second-order valence-electron chi connectivity index (χ2n) is 4.32. The first-order valence-corrected chi connectivity index (χ1v) is 5.51. The van der Waals surface area contributed by atoms with Gasteiger partial charge in [-0.05, 0) is 38.5 Å². The number of aryl methyl sites for hydroxylation is 1. The van der Waals surface area contributed by atoms with E-state index in [1.54, 1.807) is 0 Å². The average Bonchev–Trinajstić information content (AvgIpc) is 2.25. The molecular weight excluding hydrogens is 214 g/mol. The molecule has 0 unspecified atom stereocenters. The summed E-state index contributed by atoms with van der Waals surface area (Å²) in [5, 5.41) is 9.11. The Morgan fingerprint density at radius 1 is 1.53 bits per heavy atom. The van der Waals surface area contributed by atoms with Crippen LogP contribution in [0.15, 0.2) is 18.2 Å². The number of benzene rings is 1. The molecule has 1 aromatic rings. The molecule has 17 heavy (non-hydrogen) atoms. The molecule has 0 bridgehead atoms. The van der Waals surface area contributed by atoms with Gasteiger partial charge in [-0.3, -0.25) is 4.79 Å². The Morgan fingerprint density at radius 2 is 2.18 bits per heavy atom. The zero-order valence-electron chi connectivity index (χ0n) is 10.4. The van der Waals surface area contributed by atoms with Crippen LogP contribution in [0.5, 0.6) is 0 Å². The second kappa shape index (κ2) is 5.35. The van der Waals surface area contributed by atoms with E-state index in [1.807, 2.05) is 43.9 Å². The van der Waals surface area contributed by atoms with Gasteiger partial charge in [0.15, 0.2) is 0 Å². The van der Waals surface area contributed by atoms with Gasteiger partial charge >= 0.3 is 0 Å². The Labute approximate surface area is 102 Å². The number of rotatable bonds is 4. The predicted molar refractivity (Wildman–Crippen MR) is 67.6 cm³/mol. The summed E-state index contributed by atoms with van der Waals surface area (Å²) in [4.78, 5) is 12.9. The summed E-state index contributed by atoms with van der Waals surface area (Å²) in [6.45, 7) is 5.97. The quantitative estimate of drug-likeness (QED) is 0.855. The number of carbonyl (C=O) groups excluding carboxylic acids is 1. The Kier molecular flexibility index (Phi) is 4.11. The molecule has 4 heteroatoms. The molecule has 0 heterocycles. The Balaban J connectivity index is 3.19. The van der Waals surface area contributed by atoms with Crippen molar-refractivity contribution in [1.82, 2.24) is 0 Å². The smallest absolute Gasteiger partial charge is 0.236 e. The molecule has 0 saturated carbocycles. The van der Waals surface area contributed by atoms with Crippen LogP contribution < -0.4 is 10.6 Å². The molecule has 1 aromatic carbocycles. The van der Waals surface area contributed by atoms with Crippen molar-refractivity contribution in [3.05, 3.63) is 29.3 Å². The van der Waals surface area contributed by atoms with Crippen molar-refractivity contribution < 1.29 is 4.79 Å². The van der Waals surface area contributed by atoms with Gasteiger partial charge in [0.1, 0.15) is 6.07 Å². The highest BCUT2D eigenvalue weighted by Crippen LogP contribution is 2.23. The third-order valence-electron chi connectivity index (χ3n) is 2.53. The Hall–Kier alpha value is -2.02. The van der Waals surface area contributed by atoms with E-state index in [-0.39, 0.29) is 12.6 Å². The summed E-state index contributed by atoms with van der Waals surface area (Å²) in [5.41, 5.74) is 7.57. The third-order valence-corrected chi connectivity index (χ3v) is 2.53. The van der Waals surface area contributed by atoms with Gasteiger partial charge in [0.25, 0.3) is 0 Å². The van der Waals surface area contributed by atoms with Crippen molar-refractivity contribution in [2.75, 3.05) is 11.4 Å². The van der Waals surface area contributed by atoms with Crippen LogP contribution in [0.2, 0.25) is 0 Å². The van der Waals surface area contributed by atoms with Crippen molar-refractivity contribution in [2.24, 2.45) is 5.73 Å². The lowest BCUT2D eigenvalue weighted by Gasteiger charge is -2.28. The van der Waals surface area contributed by atoms with Gasteiger partial charge < -0.3 is 10.6 Å². The maximum Gasteiger partial charge on any atom is 0.236 e. The van der Waals surface area contributed by atoms with Gasteiger partial charge in [-0.25, -0.2) is 0 Å². The van der Waals surface area contributed by atoms with Gasteiger partial charge in [-0.1, -0.05) is 6.07 Å². The molecule has 2 N–H and O–H groups in total. The fraction of sp³-hybridized carbons (Fsp3) is 0.385. The van der Waals surface area contributed by atoms with Crippen molar-refractivity contribution in [1.29, 1.82) is 5.26 Å². The Morgan fingerprint density at radius 3 is 2.65 bits per heavy atom. The lowest BCUT2D eigenvalue weighted by Crippen LogP contribution is -2.39. The molecule has 0 aliphatic heterocycles. The second-order valence-corrected chi connectivity index (χ2v) is 4.32. The van der Waals surface area contributed by atoms with Crippen LogP contribution in [-0.2, 0) is 4.79 Å².